The molecule has 17 heavy (non-hydrogen) atoms. The minimum Gasteiger partial charge on any atom is -0.398 e. The number of hydrogen-bond acceptors (Lipinski definition) is 3. The van der Waals surface area contributed by atoms with Gasteiger partial charge in [-0.2, -0.15) is 0 Å². The molecule has 2 aromatic rings. The van der Waals surface area contributed by atoms with Gasteiger partial charge in [0.25, 0.3) is 0 Å². The van der Waals surface area contributed by atoms with Gasteiger partial charge in [-0.15, -0.1) is 11.3 Å². The molecule has 1 unspecified atom stereocenters. The van der Waals surface area contributed by atoms with Crippen LogP contribution >= 0.6 is 11.3 Å². The molecule has 0 bridgehead atoms. The molecule has 3 N–H and O–H groups in total. The van der Waals surface area contributed by atoms with Crippen LogP contribution in [0.3, 0.4) is 0 Å². The molecule has 0 fully saturated rings. The zero-order chi connectivity index (χ0) is 12.1. The fourth-order valence-corrected chi connectivity index (χ4v) is 2.62. The second-order valence-corrected chi connectivity index (χ2v) is 5.30. The quantitative estimate of drug-likeness (QED) is 0.796. The van der Waals surface area contributed by atoms with Crippen molar-refractivity contribution in [2.75, 3.05) is 5.73 Å². The van der Waals surface area contributed by atoms with E-state index < -0.39 is 0 Å². The zero-order valence-corrected chi connectivity index (χ0v) is 10.8. The van der Waals surface area contributed by atoms with Crippen molar-refractivity contribution < 1.29 is 0 Å². The Balaban J connectivity index is 1.84. The van der Waals surface area contributed by atoms with Gasteiger partial charge >= 0.3 is 0 Å². The molecule has 1 aromatic heterocycles. The topological polar surface area (TPSA) is 38.0 Å². The van der Waals surface area contributed by atoms with Crippen LogP contribution in [-0.2, 0) is 13.0 Å². The zero-order valence-electron chi connectivity index (χ0n) is 10.0. The molecule has 3 heteroatoms. The number of nitrogens with two attached hydrogens (primary N) is 1. The molecule has 1 aromatic carbocycles. The molecule has 0 amide bonds. The third-order valence-electron chi connectivity index (χ3n) is 2.78. The summed E-state index contributed by atoms with van der Waals surface area (Å²) in [6, 6.07) is 12.8. The number of thiophene rings is 1. The van der Waals surface area contributed by atoms with E-state index in [0.717, 1.165) is 18.7 Å². The molecule has 0 aliphatic heterocycles. The highest BCUT2D eigenvalue weighted by Crippen LogP contribution is 2.13. The van der Waals surface area contributed by atoms with Crippen LogP contribution in [-0.4, -0.2) is 6.04 Å². The highest BCUT2D eigenvalue weighted by Gasteiger charge is 2.05. The normalized spacial score (nSPS) is 12.5. The maximum Gasteiger partial charge on any atom is 0.0359 e. The average Bonchev–Trinajstić information content (AvgIpc) is 2.81. The summed E-state index contributed by atoms with van der Waals surface area (Å²) >= 11 is 1.81. The van der Waals surface area contributed by atoms with Crippen LogP contribution in [0.5, 0.6) is 0 Å². The van der Waals surface area contributed by atoms with Crippen molar-refractivity contribution in [2.24, 2.45) is 0 Å². The summed E-state index contributed by atoms with van der Waals surface area (Å²) in [6.07, 6.45) is 1.07. The van der Waals surface area contributed by atoms with Gasteiger partial charge in [0, 0.05) is 23.2 Å². The van der Waals surface area contributed by atoms with Crippen LogP contribution in [0.15, 0.2) is 41.8 Å². The number of benzene rings is 1. The van der Waals surface area contributed by atoms with Gasteiger partial charge < -0.3 is 11.1 Å². The van der Waals surface area contributed by atoms with Crippen molar-refractivity contribution in [1.29, 1.82) is 0 Å². The van der Waals surface area contributed by atoms with E-state index in [2.05, 4.69) is 35.8 Å². The van der Waals surface area contributed by atoms with E-state index in [1.165, 1.54) is 10.4 Å². The monoisotopic (exact) mass is 246 g/mol. The molecule has 2 nitrogen and oxygen atoms in total. The molecule has 1 atom stereocenters. The van der Waals surface area contributed by atoms with Gasteiger partial charge in [-0.3, -0.25) is 0 Å². The number of anilines is 1. The Morgan fingerprint density at radius 3 is 2.76 bits per heavy atom. The van der Waals surface area contributed by atoms with Gasteiger partial charge in [0.1, 0.15) is 0 Å². The number of nitrogen functional groups attached to an aromatic ring is 1. The summed E-state index contributed by atoms with van der Waals surface area (Å²) in [7, 11) is 0. The Morgan fingerprint density at radius 1 is 1.24 bits per heavy atom. The molecule has 0 spiro atoms. The second-order valence-electron chi connectivity index (χ2n) is 4.26. The van der Waals surface area contributed by atoms with E-state index in [-0.39, 0.29) is 0 Å². The first-order valence-electron chi connectivity index (χ1n) is 5.85. The standard InChI is InChI=1S/C14H18N2S/c1-11(9-13-6-4-8-17-13)16-10-12-5-2-3-7-14(12)15/h2-8,11,16H,9-10,15H2,1H3. The van der Waals surface area contributed by atoms with Crippen molar-refractivity contribution in [3.05, 3.63) is 52.2 Å². The van der Waals surface area contributed by atoms with Crippen LogP contribution in [0.4, 0.5) is 5.69 Å². The minimum absolute atomic E-state index is 0.466. The van der Waals surface area contributed by atoms with Crippen LogP contribution in [0.25, 0.3) is 0 Å². The van der Waals surface area contributed by atoms with E-state index in [1.807, 2.05) is 29.5 Å². The van der Waals surface area contributed by atoms with Gasteiger partial charge in [0.15, 0.2) is 0 Å². The molecular formula is C14H18N2S. The molecule has 90 valence electrons. The van der Waals surface area contributed by atoms with Gasteiger partial charge in [-0.05, 0) is 36.4 Å². The van der Waals surface area contributed by atoms with E-state index >= 15 is 0 Å². The molecule has 0 saturated heterocycles. The Hall–Kier alpha value is -1.32. The van der Waals surface area contributed by atoms with E-state index in [9.17, 15) is 0 Å². The third-order valence-corrected chi connectivity index (χ3v) is 3.68. The summed E-state index contributed by atoms with van der Waals surface area (Å²) < 4.78 is 0. The Kier molecular flexibility index (Phi) is 4.18. The molecule has 0 aliphatic rings. The van der Waals surface area contributed by atoms with Crippen molar-refractivity contribution in [3.8, 4) is 0 Å². The molecule has 1 heterocycles. The van der Waals surface area contributed by atoms with Crippen LogP contribution in [0, 0.1) is 0 Å². The number of hydrogen-bond donors (Lipinski definition) is 2. The highest BCUT2D eigenvalue weighted by molar-refractivity contribution is 7.09. The van der Waals surface area contributed by atoms with Crippen molar-refractivity contribution in [2.45, 2.75) is 25.9 Å². The van der Waals surface area contributed by atoms with E-state index in [0.29, 0.717) is 6.04 Å². The second kappa shape index (κ2) is 5.84. The summed E-state index contributed by atoms with van der Waals surface area (Å²) in [5.74, 6) is 0. The molecule has 2 rings (SSSR count). The molecule has 0 radical (unpaired) electrons. The smallest absolute Gasteiger partial charge is 0.0359 e. The fourth-order valence-electron chi connectivity index (χ4n) is 1.78. The van der Waals surface area contributed by atoms with Crippen LogP contribution in [0.2, 0.25) is 0 Å². The van der Waals surface area contributed by atoms with Gasteiger partial charge in [-0.1, -0.05) is 24.3 Å². The first-order valence-corrected chi connectivity index (χ1v) is 6.73. The largest absolute Gasteiger partial charge is 0.398 e. The SMILES string of the molecule is CC(Cc1cccs1)NCc1ccccc1N. The third kappa shape index (κ3) is 3.58. The van der Waals surface area contributed by atoms with Crippen molar-refractivity contribution in [3.63, 3.8) is 0 Å². The van der Waals surface area contributed by atoms with Crippen LogP contribution < -0.4 is 11.1 Å². The lowest BCUT2D eigenvalue weighted by molar-refractivity contribution is 0.549. The average molecular weight is 246 g/mol. The van der Waals surface area contributed by atoms with Gasteiger partial charge in [0.05, 0.1) is 0 Å². The Morgan fingerprint density at radius 2 is 2.06 bits per heavy atom. The predicted octanol–water partition coefficient (Wildman–Crippen LogP) is 3.05. The lowest BCUT2D eigenvalue weighted by Crippen LogP contribution is -2.27. The number of nitrogens with one attached hydrogen (secondary N) is 1. The van der Waals surface area contributed by atoms with Gasteiger partial charge in [-0.25, -0.2) is 0 Å². The van der Waals surface area contributed by atoms with Crippen molar-refractivity contribution in [1.82, 2.24) is 5.32 Å². The lowest BCUT2D eigenvalue weighted by atomic mass is 10.1. The van der Waals surface area contributed by atoms with E-state index in [1.54, 1.807) is 0 Å². The van der Waals surface area contributed by atoms with Crippen LogP contribution in [0.1, 0.15) is 17.4 Å². The molecule has 0 saturated carbocycles. The maximum absolute atomic E-state index is 5.90. The number of para-hydroxylation sites is 1. The summed E-state index contributed by atoms with van der Waals surface area (Å²) in [5.41, 5.74) is 7.94. The fraction of sp³-hybridized carbons (Fsp3) is 0.286. The highest BCUT2D eigenvalue weighted by atomic mass is 32.1. The Labute approximate surface area is 106 Å². The first-order chi connectivity index (χ1) is 8.25. The summed E-state index contributed by atoms with van der Waals surface area (Å²) in [4.78, 5) is 1.42. The summed E-state index contributed by atoms with van der Waals surface area (Å²) in [5, 5.41) is 5.63. The number of rotatable bonds is 5. The summed E-state index contributed by atoms with van der Waals surface area (Å²) in [6.45, 7) is 3.04. The lowest BCUT2D eigenvalue weighted by Gasteiger charge is -2.13. The molecule has 0 aliphatic carbocycles. The van der Waals surface area contributed by atoms with E-state index in [4.69, 9.17) is 5.73 Å². The molecular weight excluding hydrogens is 228 g/mol. The van der Waals surface area contributed by atoms with Gasteiger partial charge in [0.2, 0.25) is 0 Å². The first kappa shape index (κ1) is 12.1. The maximum atomic E-state index is 5.90. The minimum atomic E-state index is 0.466. The van der Waals surface area contributed by atoms with Crippen molar-refractivity contribution >= 4 is 17.0 Å². The Bertz CT molecular complexity index is 451. The predicted molar refractivity (Wildman–Crippen MR) is 75.2 cm³/mol.